The summed E-state index contributed by atoms with van der Waals surface area (Å²) < 4.78 is 69.5. The monoisotopic (exact) mass is 389 g/mol. The molecule has 0 atom stereocenters. The maximum absolute atomic E-state index is 12.7. The highest BCUT2D eigenvalue weighted by molar-refractivity contribution is 7.89. The van der Waals surface area contributed by atoms with Gasteiger partial charge in [-0.1, -0.05) is 12.1 Å². The third-order valence-electron chi connectivity index (χ3n) is 4.79. The first-order chi connectivity index (χ1) is 12.0. The Labute approximate surface area is 148 Å². The second kappa shape index (κ2) is 6.27. The van der Waals surface area contributed by atoms with Crippen LogP contribution in [0.3, 0.4) is 0 Å². The summed E-state index contributed by atoms with van der Waals surface area (Å²) in [5.41, 5.74) is 4.96. The van der Waals surface area contributed by atoms with Crippen molar-refractivity contribution in [2.24, 2.45) is 0 Å². The van der Waals surface area contributed by atoms with E-state index in [0.717, 1.165) is 24.3 Å². The molecule has 3 rings (SSSR count). The largest absolute Gasteiger partial charge is 0.416 e. The predicted molar refractivity (Wildman–Crippen MR) is 87.7 cm³/mol. The van der Waals surface area contributed by atoms with Crippen molar-refractivity contribution in [2.45, 2.75) is 36.3 Å². The Morgan fingerprint density at radius 2 is 1.77 bits per heavy atom. The number of nitrogens with two attached hydrogens (primary N) is 1. The van der Waals surface area contributed by atoms with Gasteiger partial charge < -0.3 is 10.3 Å². The first-order valence-corrected chi connectivity index (χ1v) is 9.36. The summed E-state index contributed by atoms with van der Waals surface area (Å²) >= 11 is 0. The minimum atomic E-state index is -4.51. The Kier molecular flexibility index (Phi) is 4.51. The molecule has 0 saturated carbocycles. The lowest BCUT2D eigenvalue weighted by Crippen LogP contribution is -2.44. The van der Waals surface area contributed by atoms with Gasteiger partial charge >= 0.3 is 6.18 Å². The molecule has 6 nitrogen and oxygen atoms in total. The van der Waals surface area contributed by atoms with Crippen LogP contribution in [0.1, 0.15) is 31.0 Å². The summed E-state index contributed by atoms with van der Waals surface area (Å²) in [6.45, 7) is 2.41. The van der Waals surface area contributed by atoms with Crippen LogP contribution < -0.4 is 5.73 Å². The summed E-state index contributed by atoms with van der Waals surface area (Å²) in [5.74, 6) is 0.195. The SMILES string of the molecule is CC1(c2cc(N)on2)CCN(S(=O)(=O)c2ccc(C(F)(F)F)cc2)CC1. The lowest BCUT2D eigenvalue weighted by Gasteiger charge is -2.37. The fraction of sp³-hybridized carbons (Fsp3) is 0.438. The van der Waals surface area contributed by atoms with Gasteiger partial charge in [-0.3, -0.25) is 0 Å². The molecule has 0 amide bonds. The van der Waals surface area contributed by atoms with Crippen molar-refractivity contribution in [1.82, 2.24) is 9.46 Å². The van der Waals surface area contributed by atoms with Gasteiger partial charge in [0.15, 0.2) is 0 Å². The molecule has 1 aliphatic heterocycles. The number of anilines is 1. The minimum absolute atomic E-state index is 0.153. The molecule has 26 heavy (non-hydrogen) atoms. The number of hydrogen-bond acceptors (Lipinski definition) is 5. The molecule has 1 fully saturated rings. The molecule has 1 saturated heterocycles. The Balaban J connectivity index is 1.76. The smallest absolute Gasteiger partial charge is 0.368 e. The van der Waals surface area contributed by atoms with Gasteiger partial charge in [-0.25, -0.2) is 8.42 Å². The third kappa shape index (κ3) is 3.43. The second-order valence-corrected chi connectivity index (χ2v) is 8.54. The van der Waals surface area contributed by atoms with Gasteiger partial charge in [0.2, 0.25) is 15.9 Å². The fourth-order valence-electron chi connectivity index (χ4n) is 3.01. The first-order valence-electron chi connectivity index (χ1n) is 7.92. The van der Waals surface area contributed by atoms with Crippen LogP contribution in [-0.2, 0) is 21.6 Å². The average Bonchev–Trinajstić information content (AvgIpc) is 3.02. The van der Waals surface area contributed by atoms with E-state index < -0.39 is 21.8 Å². The molecular formula is C16H18F3N3O3S. The van der Waals surface area contributed by atoms with E-state index in [-0.39, 0.29) is 29.3 Å². The van der Waals surface area contributed by atoms with Crippen LogP contribution in [0.5, 0.6) is 0 Å². The molecule has 142 valence electrons. The number of aromatic nitrogens is 1. The molecule has 2 heterocycles. The van der Waals surface area contributed by atoms with E-state index in [1.165, 1.54) is 4.31 Å². The van der Waals surface area contributed by atoms with Gasteiger partial charge in [-0.2, -0.15) is 17.5 Å². The highest BCUT2D eigenvalue weighted by atomic mass is 32.2. The van der Waals surface area contributed by atoms with E-state index in [2.05, 4.69) is 5.16 Å². The summed E-state index contributed by atoms with van der Waals surface area (Å²) in [7, 11) is -3.85. The zero-order chi connectivity index (χ0) is 19.2. The van der Waals surface area contributed by atoms with Gasteiger partial charge in [0.25, 0.3) is 0 Å². The van der Waals surface area contributed by atoms with Crippen molar-refractivity contribution in [1.29, 1.82) is 0 Å². The van der Waals surface area contributed by atoms with Gasteiger partial charge in [-0.15, -0.1) is 0 Å². The third-order valence-corrected chi connectivity index (χ3v) is 6.71. The zero-order valence-electron chi connectivity index (χ0n) is 14.0. The molecule has 1 aliphatic rings. The van der Waals surface area contributed by atoms with Crippen molar-refractivity contribution in [2.75, 3.05) is 18.8 Å². The second-order valence-electron chi connectivity index (χ2n) is 6.60. The Morgan fingerprint density at radius 3 is 2.23 bits per heavy atom. The van der Waals surface area contributed by atoms with E-state index in [4.69, 9.17) is 10.3 Å². The number of nitrogen functional groups attached to an aromatic ring is 1. The molecule has 1 aromatic carbocycles. The van der Waals surface area contributed by atoms with Gasteiger partial charge in [0, 0.05) is 24.6 Å². The Morgan fingerprint density at radius 1 is 1.19 bits per heavy atom. The van der Waals surface area contributed by atoms with Gasteiger partial charge in [-0.05, 0) is 37.1 Å². The summed E-state index contributed by atoms with van der Waals surface area (Å²) in [6.07, 6.45) is -3.51. The molecule has 0 spiro atoms. The normalized spacial score (nSPS) is 18.8. The summed E-state index contributed by atoms with van der Waals surface area (Å²) in [5, 5.41) is 3.91. The summed E-state index contributed by atoms with van der Waals surface area (Å²) in [4.78, 5) is -0.153. The molecule has 0 radical (unpaired) electrons. The Hall–Kier alpha value is -2.07. The fourth-order valence-corrected chi connectivity index (χ4v) is 4.46. The van der Waals surface area contributed by atoms with E-state index in [1.54, 1.807) is 6.07 Å². The van der Waals surface area contributed by atoms with Crippen LogP contribution in [0.25, 0.3) is 0 Å². The van der Waals surface area contributed by atoms with Crippen LogP contribution in [0.4, 0.5) is 19.1 Å². The highest BCUT2D eigenvalue weighted by Crippen LogP contribution is 2.37. The van der Waals surface area contributed by atoms with Crippen molar-refractivity contribution < 1.29 is 26.1 Å². The van der Waals surface area contributed by atoms with Crippen molar-refractivity contribution >= 4 is 15.9 Å². The number of piperidine rings is 1. The molecule has 2 aromatic rings. The number of halogens is 3. The lowest BCUT2D eigenvalue weighted by molar-refractivity contribution is -0.137. The van der Waals surface area contributed by atoms with Crippen LogP contribution >= 0.6 is 0 Å². The van der Waals surface area contributed by atoms with Gasteiger partial charge in [0.05, 0.1) is 16.2 Å². The van der Waals surface area contributed by atoms with Crippen molar-refractivity contribution in [3.8, 4) is 0 Å². The highest BCUT2D eigenvalue weighted by Gasteiger charge is 2.39. The number of sulfonamides is 1. The van der Waals surface area contributed by atoms with Gasteiger partial charge in [0.1, 0.15) is 0 Å². The molecule has 0 aliphatic carbocycles. The average molecular weight is 389 g/mol. The topological polar surface area (TPSA) is 89.4 Å². The lowest BCUT2D eigenvalue weighted by atomic mass is 9.78. The number of rotatable bonds is 3. The molecule has 0 bridgehead atoms. The number of hydrogen-bond donors (Lipinski definition) is 1. The van der Waals surface area contributed by atoms with E-state index in [1.807, 2.05) is 6.92 Å². The predicted octanol–water partition coefficient (Wildman–Crippen LogP) is 3.02. The standard InChI is InChI=1S/C16H18F3N3O3S/c1-15(13-10-14(20)25-21-13)6-8-22(9-7-15)26(23,24)12-4-2-11(3-5-12)16(17,18)19/h2-5,10H,6-9,20H2,1H3. The van der Waals surface area contributed by atoms with Crippen LogP contribution in [0.15, 0.2) is 39.8 Å². The Bertz CT molecular complexity index is 883. The van der Waals surface area contributed by atoms with Crippen LogP contribution in [0.2, 0.25) is 0 Å². The molecule has 1 aromatic heterocycles. The van der Waals surface area contributed by atoms with Crippen molar-refractivity contribution in [3.63, 3.8) is 0 Å². The van der Waals surface area contributed by atoms with E-state index in [0.29, 0.717) is 18.5 Å². The quantitative estimate of drug-likeness (QED) is 0.872. The minimum Gasteiger partial charge on any atom is -0.368 e. The van der Waals surface area contributed by atoms with Crippen LogP contribution in [0, 0.1) is 0 Å². The number of nitrogens with zero attached hydrogens (tertiary/aromatic N) is 2. The van der Waals surface area contributed by atoms with E-state index >= 15 is 0 Å². The molecular weight excluding hydrogens is 371 g/mol. The molecule has 2 N–H and O–H groups in total. The van der Waals surface area contributed by atoms with E-state index in [9.17, 15) is 21.6 Å². The number of benzene rings is 1. The summed E-state index contributed by atoms with van der Waals surface area (Å²) in [6, 6.07) is 5.16. The van der Waals surface area contributed by atoms with Crippen LogP contribution in [-0.4, -0.2) is 31.0 Å². The maximum Gasteiger partial charge on any atom is 0.416 e. The molecule has 0 unspecified atom stereocenters. The van der Waals surface area contributed by atoms with Crippen molar-refractivity contribution in [3.05, 3.63) is 41.6 Å². The maximum atomic E-state index is 12.7. The first kappa shape index (κ1) is 18.7. The number of alkyl halides is 3. The molecule has 10 heteroatoms. The zero-order valence-corrected chi connectivity index (χ0v) is 14.8.